The van der Waals surface area contributed by atoms with Gasteiger partial charge in [-0.25, -0.2) is 17.6 Å². The zero-order valence-corrected chi connectivity index (χ0v) is 25.2. The predicted molar refractivity (Wildman–Crippen MR) is 160 cm³/mol. The standard InChI is InChI=1S/C27H30ClFN8O5S/c1-4-5-12-36-25(30)22(26(39)37(27(36)40)15-17-8-6-7-9-20(17)29)32-21(38)13-18-10-11-19(14-31-18)34-43(41,42)23-16(2)33-35(3)24(23)28/h6-11,14,34H,4-5,12-13,15,30H2,1-3H3,(H,32,38). The second-order valence-electron chi connectivity index (χ2n) is 9.73. The van der Waals surface area contributed by atoms with Crippen molar-refractivity contribution in [2.75, 3.05) is 15.8 Å². The maximum atomic E-state index is 14.3. The number of amides is 1. The minimum absolute atomic E-state index is 0.0560. The van der Waals surface area contributed by atoms with E-state index in [2.05, 4.69) is 20.1 Å². The molecule has 3 heterocycles. The highest BCUT2D eigenvalue weighted by molar-refractivity contribution is 7.92. The minimum Gasteiger partial charge on any atom is -0.383 e. The lowest BCUT2D eigenvalue weighted by Crippen LogP contribution is -2.43. The molecule has 1 aromatic carbocycles. The number of pyridine rings is 1. The Morgan fingerprint density at radius 2 is 1.86 bits per heavy atom. The van der Waals surface area contributed by atoms with Crippen molar-refractivity contribution < 1.29 is 17.6 Å². The van der Waals surface area contributed by atoms with E-state index >= 15 is 0 Å². The summed E-state index contributed by atoms with van der Waals surface area (Å²) in [4.78, 5) is 43.4. The van der Waals surface area contributed by atoms with Crippen molar-refractivity contribution in [3.05, 3.63) is 91.4 Å². The van der Waals surface area contributed by atoms with Crippen molar-refractivity contribution in [2.45, 2.75) is 51.1 Å². The van der Waals surface area contributed by atoms with Crippen LogP contribution in [0.3, 0.4) is 0 Å². The summed E-state index contributed by atoms with van der Waals surface area (Å²) >= 11 is 6.09. The van der Waals surface area contributed by atoms with Crippen molar-refractivity contribution in [1.82, 2.24) is 23.9 Å². The number of nitrogens with one attached hydrogen (secondary N) is 2. The van der Waals surface area contributed by atoms with Crippen molar-refractivity contribution in [1.29, 1.82) is 0 Å². The van der Waals surface area contributed by atoms with E-state index in [1.807, 2.05) is 6.92 Å². The summed E-state index contributed by atoms with van der Waals surface area (Å²) in [5.41, 5.74) is 4.96. The van der Waals surface area contributed by atoms with E-state index in [1.165, 1.54) is 59.7 Å². The van der Waals surface area contributed by atoms with Gasteiger partial charge in [-0.05, 0) is 31.5 Å². The van der Waals surface area contributed by atoms with E-state index in [9.17, 15) is 27.2 Å². The van der Waals surface area contributed by atoms with Gasteiger partial charge in [-0.2, -0.15) is 5.10 Å². The fourth-order valence-corrected chi connectivity index (χ4v) is 6.16. The molecule has 0 fully saturated rings. The van der Waals surface area contributed by atoms with E-state index in [-0.39, 0.29) is 63.7 Å². The lowest BCUT2D eigenvalue weighted by atomic mass is 10.2. The van der Waals surface area contributed by atoms with E-state index in [1.54, 1.807) is 6.07 Å². The second-order valence-corrected chi connectivity index (χ2v) is 11.7. The van der Waals surface area contributed by atoms with Gasteiger partial charge in [0.25, 0.3) is 15.6 Å². The highest BCUT2D eigenvalue weighted by Crippen LogP contribution is 2.26. The lowest BCUT2D eigenvalue weighted by molar-refractivity contribution is -0.115. The third kappa shape index (κ3) is 6.78. The van der Waals surface area contributed by atoms with Crippen LogP contribution in [0.4, 0.5) is 21.6 Å². The first-order valence-electron chi connectivity index (χ1n) is 13.2. The molecule has 43 heavy (non-hydrogen) atoms. The maximum absolute atomic E-state index is 14.3. The van der Waals surface area contributed by atoms with E-state index < -0.39 is 33.0 Å². The van der Waals surface area contributed by atoms with Crippen LogP contribution >= 0.6 is 11.6 Å². The average Bonchev–Trinajstić information content (AvgIpc) is 3.22. The van der Waals surface area contributed by atoms with Crippen LogP contribution in [-0.2, 0) is 41.4 Å². The molecule has 0 atom stereocenters. The Hall–Kier alpha value is -4.50. The molecule has 0 bridgehead atoms. The summed E-state index contributed by atoms with van der Waals surface area (Å²) in [7, 11) is -2.56. The summed E-state index contributed by atoms with van der Waals surface area (Å²) in [5.74, 6) is -1.48. The van der Waals surface area contributed by atoms with Gasteiger partial charge in [0.15, 0.2) is 0 Å². The molecule has 0 aliphatic heterocycles. The van der Waals surface area contributed by atoms with E-state index in [4.69, 9.17) is 17.3 Å². The number of sulfonamides is 1. The number of anilines is 3. The first-order chi connectivity index (χ1) is 20.3. The van der Waals surface area contributed by atoms with E-state index in [0.717, 1.165) is 11.0 Å². The number of halogens is 2. The highest BCUT2D eigenvalue weighted by atomic mass is 35.5. The molecule has 0 radical (unpaired) electrons. The van der Waals surface area contributed by atoms with Crippen LogP contribution in [0.2, 0.25) is 5.15 Å². The molecule has 0 unspecified atom stereocenters. The molecule has 0 spiro atoms. The van der Waals surface area contributed by atoms with Gasteiger partial charge >= 0.3 is 5.69 Å². The van der Waals surface area contributed by atoms with Gasteiger partial charge in [0, 0.05) is 24.8 Å². The van der Waals surface area contributed by atoms with Crippen LogP contribution in [0.5, 0.6) is 0 Å². The lowest BCUT2D eigenvalue weighted by Gasteiger charge is -2.17. The third-order valence-corrected chi connectivity index (χ3v) is 8.62. The van der Waals surface area contributed by atoms with Crippen LogP contribution < -0.4 is 27.0 Å². The van der Waals surface area contributed by atoms with Gasteiger partial charge in [0.1, 0.15) is 27.4 Å². The van der Waals surface area contributed by atoms with Crippen LogP contribution in [0.15, 0.2) is 57.1 Å². The van der Waals surface area contributed by atoms with Gasteiger partial charge in [0.05, 0.1) is 30.5 Å². The Balaban J connectivity index is 1.56. The van der Waals surface area contributed by atoms with Crippen molar-refractivity contribution in [3.8, 4) is 0 Å². The van der Waals surface area contributed by atoms with Crippen LogP contribution in [0.1, 0.15) is 36.7 Å². The Labute approximate surface area is 251 Å². The second kappa shape index (κ2) is 12.8. The van der Waals surface area contributed by atoms with Crippen LogP contribution in [-0.4, -0.2) is 38.2 Å². The summed E-state index contributed by atoms with van der Waals surface area (Å²) in [5, 5.41) is 6.42. The molecule has 3 aromatic heterocycles. The molecular weight excluding hydrogens is 603 g/mol. The zero-order chi connectivity index (χ0) is 31.5. The van der Waals surface area contributed by atoms with Gasteiger partial charge < -0.3 is 11.1 Å². The average molecular weight is 633 g/mol. The molecule has 4 N–H and O–H groups in total. The van der Waals surface area contributed by atoms with Gasteiger partial charge in [-0.3, -0.25) is 33.1 Å². The van der Waals surface area contributed by atoms with E-state index in [0.29, 0.717) is 6.42 Å². The summed E-state index contributed by atoms with van der Waals surface area (Å²) in [6, 6.07) is 8.58. The number of nitrogens with two attached hydrogens (primary N) is 1. The monoisotopic (exact) mass is 632 g/mol. The summed E-state index contributed by atoms with van der Waals surface area (Å²) in [6.45, 7) is 3.25. The first kappa shape index (κ1) is 31.4. The number of aromatic nitrogens is 5. The molecule has 0 saturated heterocycles. The molecular formula is C27H30ClFN8O5S. The van der Waals surface area contributed by atoms with Crippen molar-refractivity contribution in [3.63, 3.8) is 0 Å². The van der Waals surface area contributed by atoms with Gasteiger partial charge in [0.2, 0.25) is 5.91 Å². The molecule has 228 valence electrons. The summed E-state index contributed by atoms with van der Waals surface area (Å²) < 4.78 is 45.6. The smallest absolute Gasteiger partial charge is 0.332 e. The number of hydrogen-bond acceptors (Lipinski definition) is 8. The number of carbonyl (C=O) groups excluding carboxylic acids is 1. The Bertz CT molecular complexity index is 1900. The SMILES string of the molecule is CCCCn1c(N)c(NC(=O)Cc2ccc(NS(=O)(=O)c3c(C)nn(C)c3Cl)cn2)c(=O)n(Cc2ccccc2F)c1=O. The third-order valence-electron chi connectivity index (χ3n) is 6.54. The van der Waals surface area contributed by atoms with Gasteiger partial charge in [-0.1, -0.05) is 43.1 Å². The number of nitrogens with zero attached hydrogens (tertiary/aromatic N) is 5. The fraction of sp³-hybridized carbons (Fsp3) is 0.296. The Morgan fingerprint density at radius 1 is 1.14 bits per heavy atom. The fourth-order valence-electron chi connectivity index (χ4n) is 4.36. The molecule has 0 aliphatic carbocycles. The number of carbonyl (C=O) groups is 1. The van der Waals surface area contributed by atoms with Crippen molar-refractivity contribution >= 4 is 44.7 Å². The quantitative estimate of drug-likeness (QED) is 0.226. The van der Waals surface area contributed by atoms with Gasteiger partial charge in [-0.15, -0.1) is 0 Å². The van der Waals surface area contributed by atoms with Crippen molar-refractivity contribution in [2.24, 2.45) is 7.05 Å². The normalized spacial score (nSPS) is 11.5. The number of benzene rings is 1. The molecule has 13 nitrogen and oxygen atoms in total. The van der Waals surface area contributed by atoms with Crippen LogP contribution in [0, 0.1) is 12.7 Å². The number of rotatable bonds is 11. The Morgan fingerprint density at radius 3 is 2.47 bits per heavy atom. The topological polar surface area (TPSA) is 176 Å². The summed E-state index contributed by atoms with van der Waals surface area (Å²) in [6.07, 6.45) is 2.22. The molecule has 1 amide bonds. The molecule has 4 aromatic rings. The first-order valence-corrected chi connectivity index (χ1v) is 15.0. The Kier molecular flexibility index (Phi) is 9.35. The zero-order valence-electron chi connectivity index (χ0n) is 23.6. The molecule has 0 aliphatic rings. The largest absolute Gasteiger partial charge is 0.383 e. The number of nitrogen functional groups attached to an aromatic ring is 1. The number of aryl methyl sites for hydroxylation is 2. The molecule has 16 heteroatoms. The maximum Gasteiger partial charge on any atom is 0.332 e. The minimum atomic E-state index is -4.07. The molecule has 4 rings (SSSR count). The molecule has 0 saturated carbocycles. The predicted octanol–water partition coefficient (Wildman–Crippen LogP) is 2.65. The highest BCUT2D eigenvalue weighted by Gasteiger charge is 2.25. The number of unbranched alkanes of at least 4 members (excludes halogenated alkanes) is 1. The van der Waals surface area contributed by atoms with Crippen LogP contribution in [0.25, 0.3) is 0 Å². The number of hydrogen-bond donors (Lipinski definition) is 3.